The second-order valence-electron chi connectivity index (χ2n) is 15.7. The van der Waals surface area contributed by atoms with Crippen LogP contribution in [0.2, 0.25) is 0 Å². The van der Waals surface area contributed by atoms with E-state index in [1.165, 1.54) is 14.0 Å². The highest BCUT2D eigenvalue weighted by Gasteiger charge is 2.37. The van der Waals surface area contributed by atoms with Gasteiger partial charge >= 0.3 is 12.1 Å². The van der Waals surface area contributed by atoms with Gasteiger partial charge in [0.1, 0.15) is 35.8 Å². The van der Waals surface area contributed by atoms with Crippen LogP contribution < -0.4 is 26.6 Å². The molecule has 0 saturated heterocycles. The molecule has 16 nitrogen and oxygen atoms in total. The fourth-order valence-electron chi connectivity index (χ4n) is 5.52. The Hall–Kier alpha value is -4.99. The molecule has 2 aromatic rings. The van der Waals surface area contributed by atoms with Crippen molar-refractivity contribution >= 4 is 35.7 Å². The SMILES string of the molecule is CC[C@H](C)[C@@H](NC(=O)[C@H](NC(=O)[C@@H](C)NC(=O)[C@H](Cc1cncn1C)NC(=O)OC(C)(C)C)[C@@H](C)OC(C)(C)C)C(=O)N[C@@H](Cc1ccccc1)C(=O)OC. The molecular weight excluding hydrogens is 710 g/mol. The lowest BCUT2D eigenvalue weighted by Crippen LogP contribution is -2.62. The van der Waals surface area contributed by atoms with E-state index in [1.54, 1.807) is 79.5 Å². The Morgan fingerprint density at radius 3 is 1.87 bits per heavy atom. The first kappa shape index (κ1) is 46.2. The predicted molar refractivity (Wildman–Crippen MR) is 205 cm³/mol. The van der Waals surface area contributed by atoms with Crippen molar-refractivity contribution in [2.24, 2.45) is 13.0 Å². The largest absolute Gasteiger partial charge is 0.467 e. The summed E-state index contributed by atoms with van der Waals surface area (Å²) in [5.41, 5.74) is -0.126. The number of amides is 5. The van der Waals surface area contributed by atoms with E-state index in [1.807, 2.05) is 37.3 Å². The van der Waals surface area contributed by atoms with Gasteiger partial charge in [0.15, 0.2) is 0 Å². The number of nitrogens with one attached hydrogen (secondary N) is 5. The predicted octanol–water partition coefficient (Wildman–Crippen LogP) is 2.48. The van der Waals surface area contributed by atoms with Crippen LogP contribution in [-0.2, 0) is 58.1 Å². The summed E-state index contributed by atoms with van der Waals surface area (Å²) >= 11 is 0. The summed E-state index contributed by atoms with van der Waals surface area (Å²) in [6.07, 6.45) is 2.07. The number of nitrogens with zero attached hydrogens (tertiary/aromatic N) is 2. The first-order valence-electron chi connectivity index (χ1n) is 18.5. The molecular formula is C39H61N7O9. The molecule has 0 saturated carbocycles. The van der Waals surface area contributed by atoms with Crippen molar-refractivity contribution in [1.29, 1.82) is 0 Å². The molecule has 1 heterocycles. The van der Waals surface area contributed by atoms with Gasteiger partial charge in [0.2, 0.25) is 23.6 Å². The van der Waals surface area contributed by atoms with Gasteiger partial charge < -0.3 is 45.4 Å². The number of alkyl carbamates (subject to hydrolysis) is 1. The van der Waals surface area contributed by atoms with Crippen LogP contribution in [0.15, 0.2) is 42.9 Å². The molecule has 55 heavy (non-hydrogen) atoms. The number of imidazole rings is 1. The molecule has 5 N–H and O–H groups in total. The number of carbonyl (C=O) groups excluding carboxylic acids is 6. The molecule has 16 heteroatoms. The summed E-state index contributed by atoms with van der Waals surface area (Å²) < 4.78 is 18.1. The highest BCUT2D eigenvalue weighted by molar-refractivity contribution is 5.96. The maximum absolute atomic E-state index is 14.1. The summed E-state index contributed by atoms with van der Waals surface area (Å²) in [6, 6.07) is 3.32. The molecule has 1 aromatic carbocycles. The molecule has 0 bridgehead atoms. The standard InChI is InChI=1S/C39H61N7O9/c1-13-23(2)30(34(49)42-29(36(51)53-12)19-26-17-15-14-16-18-26)44-35(50)31(25(4)54-38(5,6)7)45-32(47)24(3)41-33(48)28(20-27-21-40-22-46(27)11)43-37(52)55-39(8,9)10/h14-18,21-25,28-31H,13,19-20H2,1-12H3,(H,41,48)(H,42,49)(H,43,52)(H,44,50)(H,45,47)/t23-,24+,25+,28-,29-,30+,31+/m0/s1. The van der Waals surface area contributed by atoms with Crippen LogP contribution in [0.3, 0.4) is 0 Å². The lowest BCUT2D eigenvalue weighted by molar-refractivity contribution is -0.146. The highest BCUT2D eigenvalue weighted by Crippen LogP contribution is 2.16. The van der Waals surface area contributed by atoms with Crippen LogP contribution in [-0.4, -0.2) is 99.9 Å². The molecule has 0 fully saturated rings. The van der Waals surface area contributed by atoms with Crippen LogP contribution >= 0.6 is 0 Å². The Labute approximate surface area is 324 Å². The molecule has 5 amide bonds. The summed E-state index contributed by atoms with van der Waals surface area (Å²) in [6.45, 7) is 17.1. The number of hydrogen-bond acceptors (Lipinski definition) is 10. The Morgan fingerprint density at radius 2 is 1.35 bits per heavy atom. The summed E-state index contributed by atoms with van der Waals surface area (Å²) in [5.74, 6) is -3.78. The van der Waals surface area contributed by atoms with Crippen molar-refractivity contribution in [3.8, 4) is 0 Å². The molecule has 0 aliphatic rings. The number of esters is 1. The minimum Gasteiger partial charge on any atom is -0.467 e. The zero-order valence-corrected chi connectivity index (χ0v) is 34.3. The van der Waals surface area contributed by atoms with Crippen molar-refractivity contribution in [1.82, 2.24) is 36.1 Å². The topological polar surface area (TPSA) is 208 Å². The van der Waals surface area contributed by atoms with E-state index in [-0.39, 0.29) is 18.8 Å². The number of hydrogen-bond donors (Lipinski definition) is 5. The lowest BCUT2D eigenvalue weighted by Gasteiger charge is -2.33. The molecule has 1 aromatic heterocycles. The smallest absolute Gasteiger partial charge is 0.408 e. The number of aryl methyl sites for hydroxylation is 1. The van der Waals surface area contributed by atoms with Gasteiger partial charge in [-0.2, -0.15) is 0 Å². The van der Waals surface area contributed by atoms with Crippen molar-refractivity contribution in [3.05, 3.63) is 54.1 Å². The maximum Gasteiger partial charge on any atom is 0.408 e. The van der Waals surface area contributed by atoms with Crippen molar-refractivity contribution < 1.29 is 43.0 Å². The van der Waals surface area contributed by atoms with Crippen molar-refractivity contribution in [2.75, 3.05) is 7.11 Å². The van der Waals surface area contributed by atoms with Gasteiger partial charge in [-0.05, 0) is 66.9 Å². The quantitative estimate of drug-likeness (QED) is 0.140. The third-order valence-corrected chi connectivity index (χ3v) is 8.56. The van der Waals surface area contributed by atoms with E-state index in [0.717, 1.165) is 5.56 Å². The number of rotatable bonds is 18. The van der Waals surface area contributed by atoms with Gasteiger partial charge in [0.05, 0.1) is 25.1 Å². The number of aromatic nitrogens is 2. The molecule has 0 spiro atoms. The Morgan fingerprint density at radius 1 is 0.745 bits per heavy atom. The summed E-state index contributed by atoms with van der Waals surface area (Å²) in [5, 5.41) is 13.4. The molecule has 0 radical (unpaired) electrons. The minimum atomic E-state index is -1.32. The van der Waals surface area contributed by atoms with E-state index in [0.29, 0.717) is 12.1 Å². The second-order valence-corrected chi connectivity index (χ2v) is 15.7. The fourth-order valence-corrected chi connectivity index (χ4v) is 5.52. The number of carbonyl (C=O) groups is 6. The number of methoxy groups -OCH3 is 1. The van der Waals surface area contributed by atoms with E-state index < -0.39 is 83.2 Å². The van der Waals surface area contributed by atoms with E-state index in [2.05, 4.69) is 31.6 Å². The normalized spacial score (nSPS) is 15.5. The maximum atomic E-state index is 14.1. The van der Waals surface area contributed by atoms with E-state index in [4.69, 9.17) is 14.2 Å². The Bertz CT molecular complexity index is 1600. The number of benzene rings is 1. The molecule has 2 rings (SSSR count). The van der Waals surface area contributed by atoms with Crippen LogP contribution in [0.5, 0.6) is 0 Å². The molecule has 0 unspecified atom stereocenters. The second kappa shape index (κ2) is 20.6. The van der Waals surface area contributed by atoms with Crippen LogP contribution in [0.1, 0.15) is 86.9 Å². The number of ether oxygens (including phenoxy) is 3. The van der Waals surface area contributed by atoms with Crippen LogP contribution in [0.4, 0.5) is 4.79 Å². The minimum absolute atomic E-state index is 0.0403. The van der Waals surface area contributed by atoms with Gasteiger partial charge in [-0.25, -0.2) is 14.6 Å². The Kier molecular flexibility index (Phi) is 17.3. The van der Waals surface area contributed by atoms with Crippen LogP contribution in [0.25, 0.3) is 0 Å². The molecule has 0 aliphatic heterocycles. The zero-order chi connectivity index (χ0) is 41.7. The first-order chi connectivity index (χ1) is 25.5. The average molecular weight is 772 g/mol. The fraction of sp³-hybridized carbons (Fsp3) is 0.615. The van der Waals surface area contributed by atoms with Gasteiger partial charge in [0, 0.05) is 31.8 Å². The molecule has 306 valence electrons. The Balaban J connectivity index is 2.31. The van der Waals surface area contributed by atoms with Crippen molar-refractivity contribution in [3.63, 3.8) is 0 Å². The first-order valence-corrected chi connectivity index (χ1v) is 18.5. The van der Waals surface area contributed by atoms with Gasteiger partial charge in [-0.15, -0.1) is 0 Å². The lowest BCUT2D eigenvalue weighted by atomic mass is 9.96. The zero-order valence-electron chi connectivity index (χ0n) is 34.3. The molecule has 7 atom stereocenters. The van der Waals surface area contributed by atoms with Gasteiger partial charge in [-0.1, -0.05) is 50.6 Å². The monoisotopic (exact) mass is 771 g/mol. The summed E-state index contributed by atoms with van der Waals surface area (Å²) in [7, 11) is 2.97. The van der Waals surface area contributed by atoms with E-state index in [9.17, 15) is 28.8 Å². The van der Waals surface area contributed by atoms with Gasteiger partial charge in [0.25, 0.3) is 0 Å². The van der Waals surface area contributed by atoms with Crippen molar-refractivity contribution in [2.45, 2.75) is 136 Å². The average Bonchev–Trinajstić information content (AvgIpc) is 3.50. The van der Waals surface area contributed by atoms with Gasteiger partial charge in [-0.3, -0.25) is 19.2 Å². The highest BCUT2D eigenvalue weighted by atomic mass is 16.6. The third-order valence-electron chi connectivity index (χ3n) is 8.56. The van der Waals surface area contributed by atoms with Crippen LogP contribution in [0, 0.1) is 5.92 Å². The van der Waals surface area contributed by atoms with E-state index >= 15 is 0 Å². The third kappa shape index (κ3) is 15.7. The summed E-state index contributed by atoms with van der Waals surface area (Å²) in [4.78, 5) is 84.6. The molecule has 0 aliphatic carbocycles.